The molecule has 4 heterocycles. The molecule has 0 aromatic carbocycles. The molecule has 0 N–H and O–H groups in total. The lowest BCUT2D eigenvalue weighted by atomic mass is 10.0. The maximum atomic E-state index is 13.1. The Balaban J connectivity index is 1.68. The Labute approximate surface area is 160 Å². The third-order valence-electron chi connectivity index (χ3n) is 5.06. The summed E-state index contributed by atoms with van der Waals surface area (Å²) in [6.07, 6.45) is 3.42. The Hall–Kier alpha value is -2.45. The number of amides is 1. The van der Waals surface area contributed by atoms with Crippen LogP contribution in [0, 0.1) is 0 Å². The molecule has 0 bridgehead atoms. The fourth-order valence-corrected chi connectivity index (χ4v) is 4.38. The van der Waals surface area contributed by atoms with E-state index in [0.29, 0.717) is 30.9 Å². The average Bonchev–Trinajstić information content (AvgIpc) is 3.32. The van der Waals surface area contributed by atoms with Gasteiger partial charge in [0.05, 0.1) is 30.3 Å². The Morgan fingerprint density at radius 1 is 1.41 bits per heavy atom. The zero-order valence-electron chi connectivity index (χ0n) is 15.2. The van der Waals surface area contributed by atoms with Gasteiger partial charge in [-0.05, 0) is 36.4 Å². The van der Waals surface area contributed by atoms with E-state index < -0.39 is 0 Å². The molecule has 1 atom stereocenters. The summed E-state index contributed by atoms with van der Waals surface area (Å²) in [4.78, 5) is 32.2. The van der Waals surface area contributed by atoms with Crippen molar-refractivity contribution >= 4 is 28.4 Å². The summed E-state index contributed by atoms with van der Waals surface area (Å²) in [5.74, 6) is 0.0325. The molecular formula is C19H22N4O3S. The quantitative estimate of drug-likeness (QED) is 0.675. The van der Waals surface area contributed by atoms with Crippen LogP contribution in [-0.2, 0) is 11.3 Å². The summed E-state index contributed by atoms with van der Waals surface area (Å²) < 4.78 is 8.63. The molecule has 3 aromatic heterocycles. The first-order valence-corrected chi connectivity index (χ1v) is 10.0. The van der Waals surface area contributed by atoms with Gasteiger partial charge in [-0.25, -0.2) is 9.78 Å². The molecule has 8 heteroatoms. The predicted molar refractivity (Wildman–Crippen MR) is 104 cm³/mol. The number of likely N-dealkylation sites (tertiary alicyclic amines) is 1. The summed E-state index contributed by atoms with van der Waals surface area (Å²) in [6, 6.07) is 5.52. The number of methoxy groups -OCH3 is 1. The van der Waals surface area contributed by atoms with Crippen molar-refractivity contribution in [2.45, 2.75) is 25.4 Å². The molecule has 27 heavy (non-hydrogen) atoms. The van der Waals surface area contributed by atoms with Crippen molar-refractivity contribution in [3.63, 3.8) is 0 Å². The Kier molecular flexibility index (Phi) is 5.09. The van der Waals surface area contributed by atoms with Crippen LogP contribution in [0.5, 0.6) is 0 Å². The van der Waals surface area contributed by atoms with Gasteiger partial charge in [-0.3, -0.25) is 13.9 Å². The van der Waals surface area contributed by atoms with Gasteiger partial charge >= 0.3 is 5.69 Å². The lowest BCUT2D eigenvalue weighted by Crippen LogP contribution is -2.43. The number of nitrogens with zero attached hydrogens (tertiary/aromatic N) is 4. The van der Waals surface area contributed by atoms with Crippen LogP contribution in [0.15, 0.2) is 40.0 Å². The largest absolute Gasteiger partial charge is 0.383 e. The van der Waals surface area contributed by atoms with E-state index in [4.69, 9.17) is 4.74 Å². The van der Waals surface area contributed by atoms with E-state index in [0.717, 1.165) is 24.9 Å². The van der Waals surface area contributed by atoms with Crippen molar-refractivity contribution < 1.29 is 9.53 Å². The number of carbonyl (C=O) groups excluding carboxylic acids is 1. The number of thiophene rings is 1. The van der Waals surface area contributed by atoms with E-state index in [1.54, 1.807) is 22.4 Å². The van der Waals surface area contributed by atoms with Gasteiger partial charge in [0, 0.05) is 31.8 Å². The van der Waals surface area contributed by atoms with Crippen LogP contribution in [0.4, 0.5) is 0 Å². The highest BCUT2D eigenvalue weighted by Crippen LogP contribution is 2.25. The van der Waals surface area contributed by atoms with Crippen molar-refractivity contribution in [1.29, 1.82) is 0 Å². The number of hydrogen-bond acceptors (Lipinski definition) is 5. The minimum absolute atomic E-state index is 0.0325. The number of rotatable bonds is 5. The number of piperidine rings is 1. The molecule has 1 aliphatic rings. The van der Waals surface area contributed by atoms with Crippen LogP contribution in [0.2, 0.25) is 0 Å². The van der Waals surface area contributed by atoms with Crippen LogP contribution in [0.3, 0.4) is 0 Å². The molecule has 0 radical (unpaired) electrons. The number of hydrogen-bond donors (Lipinski definition) is 0. The molecule has 0 saturated carbocycles. The lowest BCUT2D eigenvalue weighted by molar-refractivity contribution is 0.0679. The third-order valence-corrected chi connectivity index (χ3v) is 5.74. The number of pyridine rings is 1. The second-order valence-corrected chi connectivity index (χ2v) is 7.48. The minimum atomic E-state index is -0.0874. The number of aromatic nitrogens is 3. The fraction of sp³-hybridized carbons (Fsp3) is 0.421. The minimum Gasteiger partial charge on any atom is -0.383 e. The van der Waals surface area contributed by atoms with Crippen LogP contribution in [-0.4, -0.2) is 51.7 Å². The van der Waals surface area contributed by atoms with Crippen LogP contribution >= 0.6 is 11.3 Å². The van der Waals surface area contributed by atoms with Crippen LogP contribution < -0.4 is 5.69 Å². The summed E-state index contributed by atoms with van der Waals surface area (Å²) in [5, 5.41) is 3.78. The maximum Gasteiger partial charge on any atom is 0.330 e. The zero-order valence-corrected chi connectivity index (χ0v) is 16.0. The summed E-state index contributed by atoms with van der Waals surface area (Å²) in [5.41, 5.74) is 2.11. The highest BCUT2D eigenvalue weighted by Gasteiger charge is 2.29. The first-order chi connectivity index (χ1) is 13.2. The van der Waals surface area contributed by atoms with Gasteiger partial charge in [-0.2, -0.15) is 11.3 Å². The second-order valence-electron chi connectivity index (χ2n) is 6.70. The molecule has 0 aliphatic carbocycles. The number of imidazole rings is 1. The number of ether oxygens (including phenoxy) is 1. The second kappa shape index (κ2) is 7.66. The summed E-state index contributed by atoms with van der Waals surface area (Å²) in [6.45, 7) is 2.18. The van der Waals surface area contributed by atoms with E-state index in [2.05, 4.69) is 4.98 Å². The zero-order chi connectivity index (χ0) is 18.8. The van der Waals surface area contributed by atoms with Gasteiger partial charge in [-0.1, -0.05) is 0 Å². The van der Waals surface area contributed by atoms with Gasteiger partial charge in [0.2, 0.25) is 0 Å². The lowest BCUT2D eigenvalue weighted by Gasteiger charge is -2.33. The van der Waals surface area contributed by atoms with E-state index in [1.807, 2.05) is 33.9 Å². The monoisotopic (exact) mass is 386 g/mol. The third kappa shape index (κ3) is 3.30. The number of fused-ring (bicyclic) bond motifs is 1. The average molecular weight is 386 g/mol. The molecule has 1 aliphatic heterocycles. The molecule has 1 saturated heterocycles. The first kappa shape index (κ1) is 17.9. The van der Waals surface area contributed by atoms with E-state index in [1.165, 1.54) is 11.3 Å². The standard InChI is InChI=1S/C19H22N4O3S/c1-26-10-9-22-16-5-2-7-20-17(16)23(19(22)25)15-4-3-8-21(12-15)18(24)14-6-11-27-13-14/h2,5-7,11,13,15H,3-4,8-10,12H2,1H3/t15-/m0/s1. The van der Waals surface area contributed by atoms with Gasteiger partial charge in [0.1, 0.15) is 0 Å². The van der Waals surface area contributed by atoms with Gasteiger partial charge in [0.25, 0.3) is 5.91 Å². The molecule has 1 fully saturated rings. The molecular weight excluding hydrogens is 364 g/mol. The van der Waals surface area contributed by atoms with E-state index in [9.17, 15) is 9.59 Å². The summed E-state index contributed by atoms with van der Waals surface area (Å²) in [7, 11) is 1.62. The maximum absolute atomic E-state index is 13.1. The summed E-state index contributed by atoms with van der Waals surface area (Å²) >= 11 is 1.52. The molecule has 3 aromatic rings. The highest BCUT2D eigenvalue weighted by atomic mass is 32.1. The highest BCUT2D eigenvalue weighted by molar-refractivity contribution is 7.08. The van der Waals surface area contributed by atoms with Crippen molar-refractivity contribution in [2.24, 2.45) is 0 Å². The normalized spacial score (nSPS) is 17.5. The van der Waals surface area contributed by atoms with Gasteiger partial charge < -0.3 is 9.64 Å². The van der Waals surface area contributed by atoms with Crippen molar-refractivity contribution in [3.8, 4) is 0 Å². The Morgan fingerprint density at radius 3 is 3.07 bits per heavy atom. The first-order valence-electron chi connectivity index (χ1n) is 9.07. The van der Waals surface area contributed by atoms with Crippen LogP contribution in [0.25, 0.3) is 11.2 Å². The Morgan fingerprint density at radius 2 is 2.30 bits per heavy atom. The van der Waals surface area contributed by atoms with Crippen molar-refractivity contribution in [1.82, 2.24) is 19.0 Å². The van der Waals surface area contributed by atoms with E-state index >= 15 is 0 Å². The molecule has 0 spiro atoms. The fourth-order valence-electron chi connectivity index (χ4n) is 3.75. The molecule has 7 nitrogen and oxygen atoms in total. The number of carbonyl (C=O) groups is 1. The Bertz CT molecular complexity index is 992. The predicted octanol–water partition coefficient (Wildman–Crippen LogP) is 2.38. The molecule has 142 valence electrons. The molecule has 4 rings (SSSR count). The molecule has 0 unspecified atom stereocenters. The molecule has 1 amide bonds. The van der Waals surface area contributed by atoms with Gasteiger partial charge in [-0.15, -0.1) is 0 Å². The van der Waals surface area contributed by atoms with Gasteiger partial charge in [0.15, 0.2) is 5.65 Å². The SMILES string of the molecule is COCCn1c(=O)n([C@H]2CCCN(C(=O)c3ccsc3)C2)c2ncccc21. The smallest absolute Gasteiger partial charge is 0.330 e. The van der Waals surface area contributed by atoms with E-state index in [-0.39, 0.29) is 17.6 Å². The topological polar surface area (TPSA) is 69.4 Å². The van der Waals surface area contributed by atoms with Crippen molar-refractivity contribution in [2.75, 3.05) is 26.8 Å². The van der Waals surface area contributed by atoms with Crippen molar-refractivity contribution in [3.05, 3.63) is 51.2 Å². The van der Waals surface area contributed by atoms with Crippen LogP contribution in [0.1, 0.15) is 29.2 Å².